The minimum Gasteiger partial charge on any atom is -0.381 e. The summed E-state index contributed by atoms with van der Waals surface area (Å²) in [5.74, 6) is 0.129. The van der Waals surface area contributed by atoms with Crippen LogP contribution in [0.25, 0.3) is 21.2 Å². The number of likely N-dealkylation sites (tertiary alicyclic amines) is 1. The van der Waals surface area contributed by atoms with Crippen LogP contribution >= 0.6 is 11.3 Å². The van der Waals surface area contributed by atoms with E-state index < -0.39 is 0 Å². The number of methoxy groups -OCH3 is 1. The molecule has 2 aromatic heterocycles. The number of aryl methyl sites for hydroxylation is 1. The van der Waals surface area contributed by atoms with Gasteiger partial charge in [-0.05, 0) is 30.5 Å². The highest BCUT2D eigenvalue weighted by Crippen LogP contribution is 2.32. The maximum absolute atomic E-state index is 13.0. The lowest BCUT2D eigenvalue weighted by Gasteiger charge is -2.31. The van der Waals surface area contributed by atoms with Crippen molar-refractivity contribution in [2.45, 2.75) is 18.9 Å². The minimum atomic E-state index is 0.129. The van der Waals surface area contributed by atoms with Crippen molar-refractivity contribution in [3.63, 3.8) is 0 Å². The molecule has 5 nitrogen and oxygen atoms in total. The molecule has 130 valence electrons. The number of piperidine rings is 1. The molecule has 0 aliphatic carbocycles. The Kier molecular flexibility index (Phi) is 4.31. The zero-order chi connectivity index (χ0) is 17.4. The van der Waals surface area contributed by atoms with Crippen LogP contribution in [-0.4, -0.2) is 46.9 Å². The van der Waals surface area contributed by atoms with Crippen molar-refractivity contribution in [2.75, 3.05) is 20.2 Å². The minimum absolute atomic E-state index is 0.129. The van der Waals surface area contributed by atoms with Crippen LogP contribution in [0.5, 0.6) is 0 Å². The molecule has 25 heavy (non-hydrogen) atoms. The Morgan fingerprint density at radius 2 is 2.08 bits per heavy atom. The summed E-state index contributed by atoms with van der Waals surface area (Å²) in [6.45, 7) is 1.52. The van der Waals surface area contributed by atoms with Crippen LogP contribution in [0.3, 0.4) is 0 Å². The highest BCUT2D eigenvalue weighted by molar-refractivity contribution is 7.17. The summed E-state index contributed by atoms with van der Waals surface area (Å²) in [5.41, 5.74) is 2.96. The van der Waals surface area contributed by atoms with Gasteiger partial charge in [0.05, 0.1) is 17.9 Å². The van der Waals surface area contributed by atoms with Crippen LogP contribution in [0.1, 0.15) is 23.2 Å². The zero-order valence-corrected chi connectivity index (χ0v) is 15.3. The normalized spacial score (nSPS) is 15.8. The first kappa shape index (κ1) is 16.3. The predicted molar refractivity (Wildman–Crippen MR) is 100.0 cm³/mol. The van der Waals surface area contributed by atoms with Crippen molar-refractivity contribution in [3.05, 3.63) is 41.5 Å². The zero-order valence-electron chi connectivity index (χ0n) is 14.4. The van der Waals surface area contributed by atoms with Gasteiger partial charge in [0.25, 0.3) is 5.91 Å². The quantitative estimate of drug-likeness (QED) is 0.722. The van der Waals surface area contributed by atoms with Crippen molar-refractivity contribution < 1.29 is 9.53 Å². The molecule has 0 N–H and O–H groups in total. The third-order valence-electron chi connectivity index (χ3n) is 4.90. The second kappa shape index (κ2) is 6.61. The van der Waals surface area contributed by atoms with Crippen LogP contribution in [0, 0.1) is 0 Å². The number of benzene rings is 1. The molecule has 0 unspecified atom stereocenters. The van der Waals surface area contributed by atoms with E-state index >= 15 is 0 Å². The maximum Gasteiger partial charge on any atom is 0.255 e. The Hall–Kier alpha value is -2.18. The average molecular weight is 355 g/mol. The summed E-state index contributed by atoms with van der Waals surface area (Å²) in [7, 11) is 3.65. The van der Waals surface area contributed by atoms with E-state index in [9.17, 15) is 4.79 Å². The molecule has 3 heterocycles. The van der Waals surface area contributed by atoms with E-state index in [0.29, 0.717) is 0 Å². The van der Waals surface area contributed by atoms with Crippen LogP contribution in [-0.2, 0) is 11.8 Å². The molecule has 0 atom stereocenters. The fourth-order valence-electron chi connectivity index (χ4n) is 3.41. The van der Waals surface area contributed by atoms with E-state index in [1.54, 1.807) is 23.1 Å². The molecule has 0 radical (unpaired) electrons. The third kappa shape index (κ3) is 3.07. The molecule has 1 aliphatic heterocycles. The summed E-state index contributed by atoms with van der Waals surface area (Å²) < 4.78 is 8.34. The van der Waals surface area contributed by atoms with Gasteiger partial charge in [-0.3, -0.25) is 9.48 Å². The number of hydrogen-bond acceptors (Lipinski definition) is 4. The molecule has 1 aliphatic rings. The summed E-state index contributed by atoms with van der Waals surface area (Å²) in [6, 6.07) is 6.29. The van der Waals surface area contributed by atoms with Gasteiger partial charge in [-0.2, -0.15) is 5.10 Å². The molecule has 1 amide bonds. The smallest absolute Gasteiger partial charge is 0.255 e. The van der Waals surface area contributed by atoms with Gasteiger partial charge in [0.1, 0.15) is 0 Å². The number of fused-ring (bicyclic) bond motifs is 1. The number of amides is 1. The third-order valence-corrected chi connectivity index (χ3v) is 5.87. The fourth-order valence-corrected chi connectivity index (χ4v) is 4.32. The van der Waals surface area contributed by atoms with Crippen molar-refractivity contribution in [1.82, 2.24) is 14.7 Å². The first-order valence-corrected chi connectivity index (χ1v) is 9.36. The van der Waals surface area contributed by atoms with Gasteiger partial charge in [-0.15, -0.1) is 11.3 Å². The lowest BCUT2D eigenvalue weighted by molar-refractivity contribution is 0.0352. The van der Waals surface area contributed by atoms with Gasteiger partial charge in [0.15, 0.2) is 0 Å². The Bertz CT molecular complexity index is 906. The van der Waals surface area contributed by atoms with Crippen LogP contribution in [0.15, 0.2) is 36.0 Å². The highest BCUT2D eigenvalue weighted by Gasteiger charge is 2.25. The molecule has 1 saturated heterocycles. The topological polar surface area (TPSA) is 47.4 Å². The number of rotatable bonds is 3. The van der Waals surface area contributed by atoms with Gasteiger partial charge < -0.3 is 9.64 Å². The first-order valence-electron chi connectivity index (χ1n) is 8.48. The highest BCUT2D eigenvalue weighted by atomic mass is 32.1. The molecule has 6 heteroatoms. The Morgan fingerprint density at radius 1 is 1.28 bits per heavy atom. The molecule has 0 spiro atoms. The molecule has 0 bridgehead atoms. The molecule has 4 rings (SSSR count). The number of thiophene rings is 1. The number of ether oxygens (including phenoxy) is 1. The Balaban J connectivity index is 1.64. The number of aromatic nitrogens is 2. The molecule has 1 aromatic carbocycles. The van der Waals surface area contributed by atoms with E-state index in [2.05, 4.69) is 23.3 Å². The van der Waals surface area contributed by atoms with Gasteiger partial charge >= 0.3 is 0 Å². The largest absolute Gasteiger partial charge is 0.381 e. The average Bonchev–Trinajstić information content (AvgIpc) is 3.27. The van der Waals surface area contributed by atoms with Crippen molar-refractivity contribution in [2.24, 2.45) is 7.05 Å². The molecule has 1 fully saturated rings. The van der Waals surface area contributed by atoms with E-state index in [4.69, 9.17) is 4.74 Å². The maximum atomic E-state index is 13.0. The summed E-state index contributed by atoms with van der Waals surface area (Å²) >= 11 is 1.63. The van der Waals surface area contributed by atoms with Gasteiger partial charge in [-0.1, -0.05) is 6.07 Å². The first-order chi connectivity index (χ1) is 12.2. The molecule has 0 saturated carbocycles. The standard InChI is InChI=1S/C19H21N3O2S/c1-21-11-14(10-20-21)13-3-4-18-16(9-13)17(12-25-18)19(23)22-7-5-15(24-2)6-8-22/h3-4,9-12,15H,5-8H2,1-2H3. The lowest BCUT2D eigenvalue weighted by atomic mass is 10.0. The number of hydrogen-bond donors (Lipinski definition) is 0. The van der Waals surface area contributed by atoms with Gasteiger partial charge in [-0.25, -0.2) is 0 Å². The summed E-state index contributed by atoms with van der Waals surface area (Å²) in [5, 5.41) is 7.26. The monoisotopic (exact) mass is 355 g/mol. The van der Waals surface area contributed by atoms with E-state index in [1.165, 1.54) is 0 Å². The van der Waals surface area contributed by atoms with Crippen molar-refractivity contribution >= 4 is 27.3 Å². The van der Waals surface area contributed by atoms with Crippen LogP contribution < -0.4 is 0 Å². The summed E-state index contributed by atoms with van der Waals surface area (Å²) in [6.07, 6.45) is 5.94. The molecular formula is C19H21N3O2S. The summed E-state index contributed by atoms with van der Waals surface area (Å²) in [4.78, 5) is 14.9. The number of nitrogens with zero attached hydrogens (tertiary/aromatic N) is 3. The van der Waals surface area contributed by atoms with Gasteiger partial charge in [0, 0.05) is 54.5 Å². The van der Waals surface area contributed by atoms with Crippen LogP contribution in [0.2, 0.25) is 0 Å². The SMILES string of the molecule is COC1CCN(C(=O)c2csc3ccc(-c4cnn(C)c4)cc23)CC1. The van der Waals surface area contributed by atoms with Crippen LogP contribution in [0.4, 0.5) is 0 Å². The van der Waals surface area contributed by atoms with E-state index in [1.807, 2.05) is 29.7 Å². The Labute approximate surface area is 150 Å². The Morgan fingerprint density at radius 3 is 2.76 bits per heavy atom. The second-order valence-electron chi connectivity index (χ2n) is 6.49. The van der Waals surface area contributed by atoms with Gasteiger partial charge in [0.2, 0.25) is 0 Å². The molecule has 3 aromatic rings. The second-order valence-corrected chi connectivity index (χ2v) is 7.40. The number of carbonyl (C=O) groups is 1. The van der Waals surface area contributed by atoms with E-state index in [-0.39, 0.29) is 12.0 Å². The predicted octanol–water partition coefficient (Wildman–Crippen LogP) is 3.55. The lowest BCUT2D eigenvalue weighted by Crippen LogP contribution is -2.40. The van der Waals surface area contributed by atoms with Crippen molar-refractivity contribution in [3.8, 4) is 11.1 Å². The number of carbonyl (C=O) groups excluding carboxylic acids is 1. The molecular weight excluding hydrogens is 334 g/mol. The fraction of sp³-hybridized carbons (Fsp3) is 0.368. The van der Waals surface area contributed by atoms with Crippen molar-refractivity contribution in [1.29, 1.82) is 0 Å². The van der Waals surface area contributed by atoms with E-state index in [0.717, 1.165) is 52.7 Å².